The third-order valence-corrected chi connectivity index (χ3v) is 2.08. The van der Waals surface area contributed by atoms with E-state index in [4.69, 9.17) is 0 Å². The van der Waals surface area contributed by atoms with Gasteiger partial charge < -0.3 is 5.11 Å². The van der Waals surface area contributed by atoms with Crippen LogP contribution in [0.25, 0.3) is 0 Å². The number of nitrogens with zero attached hydrogens (tertiary/aromatic N) is 1. The van der Waals surface area contributed by atoms with Gasteiger partial charge in [-0.25, -0.2) is 8.78 Å². The highest BCUT2D eigenvalue weighted by Crippen LogP contribution is 2.21. The molecule has 3 nitrogen and oxygen atoms in total. The molecular formula is C10H8F2N2O. The van der Waals surface area contributed by atoms with Crippen LogP contribution in [0.5, 0.6) is 0 Å². The van der Waals surface area contributed by atoms with E-state index in [0.717, 1.165) is 12.1 Å². The molecule has 0 spiro atoms. The Balaban J connectivity index is 2.34. The molecule has 0 fully saturated rings. The van der Waals surface area contributed by atoms with Gasteiger partial charge in [-0.1, -0.05) is 6.07 Å². The molecule has 1 heterocycles. The number of aliphatic hydroxyl groups is 1. The molecule has 2 N–H and O–H groups in total. The number of H-pyrrole nitrogens is 1. The van der Waals surface area contributed by atoms with Crippen LogP contribution in [0.4, 0.5) is 8.78 Å². The van der Waals surface area contributed by atoms with E-state index in [0.29, 0.717) is 5.69 Å². The van der Waals surface area contributed by atoms with Gasteiger partial charge in [-0.15, -0.1) is 0 Å². The van der Waals surface area contributed by atoms with E-state index < -0.39 is 17.7 Å². The molecule has 2 aromatic rings. The molecule has 0 aliphatic heterocycles. The molecule has 0 radical (unpaired) electrons. The summed E-state index contributed by atoms with van der Waals surface area (Å²) in [6.45, 7) is 0. The molecule has 1 unspecified atom stereocenters. The summed E-state index contributed by atoms with van der Waals surface area (Å²) in [6.07, 6.45) is 0.445. The maximum atomic E-state index is 12.9. The molecule has 0 bridgehead atoms. The van der Waals surface area contributed by atoms with Crippen molar-refractivity contribution in [2.45, 2.75) is 6.10 Å². The molecular weight excluding hydrogens is 202 g/mol. The highest BCUT2D eigenvalue weighted by Gasteiger charge is 2.13. The number of aromatic amines is 1. The number of halogens is 2. The van der Waals surface area contributed by atoms with Gasteiger partial charge in [0.2, 0.25) is 0 Å². The SMILES string of the molecule is OC(c1ccc(F)c(F)c1)c1ccn[nH]1. The molecule has 2 rings (SSSR count). The van der Waals surface area contributed by atoms with Crippen LogP contribution in [0.3, 0.4) is 0 Å². The first-order valence-electron chi connectivity index (χ1n) is 4.31. The minimum atomic E-state index is -1.03. The first kappa shape index (κ1) is 9.79. The van der Waals surface area contributed by atoms with Gasteiger partial charge in [-0.05, 0) is 23.8 Å². The van der Waals surface area contributed by atoms with Crippen LogP contribution < -0.4 is 0 Å². The Morgan fingerprint density at radius 1 is 1.20 bits per heavy atom. The average molecular weight is 210 g/mol. The van der Waals surface area contributed by atoms with Gasteiger partial charge >= 0.3 is 0 Å². The Bertz CT molecular complexity index is 456. The van der Waals surface area contributed by atoms with Crippen molar-refractivity contribution >= 4 is 0 Å². The summed E-state index contributed by atoms with van der Waals surface area (Å²) in [7, 11) is 0. The summed E-state index contributed by atoms with van der Waals surface area (Å²) in [5.41, 5.74) is 0.708. The minimum Gasteiger partial charge on any atom is -0.382 e. The monoisotopic (exact) mass is 210 g/mol. The molecule has 0 amide bonds. The number of nitrogens with one attached hydrogen (secondary N) is 1. The van der Waals surface area contributed by atoms with Crippen molar-refractivity contribution in [1.29, 1.82) is 0 Å². The van der Waals surface area contributed by atoms with E-state index in [1.807, 2.05) is 0 Å². The quantitative estimate of drug-likeness (QED) is 0.793. The minimum absolute atomic E-state index is 0.276. The molecule has 0 saturated carbocycles. The smallest absolute Gasteiger partial charge is 0.159 e. The van der Waals surface area contributed by atoms with E-state index in [2.05, 4.69) is 10.2 Å². The molecule has 78 valence electrons. The van der Waals surface area contributed by atoms with Crippen molar-refractivity contribution in [2.75, 3.05) is 0 Å². The Morgan fingerprint density at radius 2 is 2.00 bits per heavy atom. The Morgan fingerprint density at radius 3 is 2.60 bits per heavy atom. The number of hydrogen-bond donors (Lipinski definition) is 2. The lowest BCUT2D eigenvalue weighted by molar-refractivity contribution is 0.214. The van der Waals surface area contributed by atoms with Crippen LogP contribution in [0, 0.1) is 11.6 Å². The number of aliphatic hydroxyl groups excluding tert-OH is 1. The van der Waals surface area contributed by atoms with Crippen LogP contribution in [0.2, 0.25) is 0 Å². The molecule has 1 aromatic heterocycles. The van der Waals surface area contributed by atoms with E-state index in [1.165, 1.54) is 12.3 Å². The first-order chi connectivity index (χ1) is 7.18. The van der Waals surface area contributed by atoms with E-state index in [-0.39, 0.29) is 5.56 Å². The maximum absolute atomic E-state index is 12.9. The molecule has 0 aliphatic rings. The Labute approximate surface area is 84.4 Å². The van der Waals surface area contributed by atoms with Crippen molar-refractivity contribution in [3.05, 3.63) is 53.4 Å². The van der Waals surface area contributed by atoms with E-state index >= 15 is 0 Å². The zero-order chi connectivity index (χ0) is 10.8. The van der Waals surface area contributed by atoms with Gasteiger partial charge in [-0.2, -0.15) is 5.10 Å². The fourth-order valence-corrected chi connectivity index (χ4v) is 1.28. The van der Waals surface area contributed by atoms with Crippen molar-refractivity contribution in [3.8, 4) is 0 Å². The van der Waals surface area contributed by atoms with Crippen molar-refractivity contribution in [1.82, 2.24) is 10.2 Å². The number of benzene rings is 1. The second-order valence-corrected chi connectivity index (χ2v) is 3.09. The second kappa shape index (κ2) is 3.78. The van der Waals surface area contributed by atoms with E-state index in [1.54, 1.807) is 6.07 Å². The van der Waals surface area contributed by atoms with Crippen LogP contribution >= 0.6 is 0 Å². The molecule has 0 aliphatic carbocycles. The summed E-state index contributed by atoms with van der Waals surface area (Å²) in [6, 6.07) is 4.82. The summed E-state index contributed by atoms with van der Waals surface area (Å²) < 4.78 is 25.5. The van der Waals surface area contributed by atoms with Crippen molar-refractivity contribution < 1.29 is 13.9 Å². The molecule has 1 aromatic carbocycles. The third kappa shape index (κ3) is 1.87. The Hall–Kier alpha value is -1.75. The van der Waals surface area contributed by atoms with Gasteiger partial charge in [-0.3, -0.25) is 5.10 Å². The predicted molar refractivity (Wildman–Crippen MR) is 49.0 cm³/mol. The lowest BCUT2D eigenvalue weighted by Crippen LogP contribution is -2.01. The normalized spacial score (nSPS) is 12.7. The first-order valence-corrected chi connectivity index (χ1v) is 4.31. The lowest BCUT2D eigenvalue weighted by atomic mass is 10.1. The largest absolute Gasteiger partial charge is 0.382 e. The summed E-state index contributed by atoms with van der Waals surface area (Å²) in [5.74, 6) is -1.92. The lowest BCUT2D eigenvalue weighted by Gasteiger charge is -2.08. The van der Waals surface area contributed by atoms with Gasteiger partial charge in [0, 0.05) is 6.20 Å². The van der Waals surface area contributed by atoms with Crippen molar-refractivity contribution in [2.24, 2.45) is 0 Å². The second-order valence-electron chi connectivity index (χ2n) is 3.09. The molecule has 15 heavy (non-hydrogen) atoms. The topological polar surface area (TPSA) is 48.9 Å². The summed E-state index contributed by atoms with van der Waals surface area (Å²) in [4.78, 5) is 0. The fraction of sp³-hybridized carbons (Fsp3) is 0.100. The maximum Gasteiger partial charge on any atom is 0.159 e. The third-order valence-electron chi connectivity index (χ3n) is 2.08. The van der Waals surface area contributed by atoms with Crippen LogP contribution in [0.1, 0.15) is 17.4 Å². The zero-order valence-electron chi connectivity index (χ0n) is 7.61. The fourth-order valence-electron chi connectivity index (χ4n) is 1.28. The van der Waals surface area contributed by atoms with Gasteiger partial charge in [0.25, 0.3) is 0 Å². The molecule has 1 atom stereocenters. The molecule has 5 heteroatoms. The van der Waals surface area contributed by atoms with Gasteiger partial charge in [0.05, 0.1) is 5.69 Å². The van der Waals surface area contributed by atoms with Crippen LogP contribution in [0.15, 0.2) is 30.5 Å². The number of hydrogen-bond acceptors (Lipinski definition) is 2. The number of rotatable bonds is 2. The van der Waals surface area contributed by atoms with Crippen LogP contribution in [-0.2, 0) is 0 Å². The zero-order valence-corrected chi connectivity index (χ0v) is 7.61. The van der Waals surface area contributed by atoms with Gasteiger partial charge in [0.15, 0.2) is 11.6 Å². The Kier molecular flexibility index (Phi) is 2.47. The van der Waals surface area contributed by atoms with Crippen molar-refractivity contribution in [3.63, 3.8) is 0 Å². The highest BCUT2D eigenvalue weighted by atomic mass is 19.2. The van der Waals surface area contributed by atoms with Crippen LogP contribution in [-0.4, -0.2) is 15.3 Å². The average Bonchev–Trinajstić information content (AvgIpc) is 2.74. The summed E-state index contributed by atoms with van der Waals surface area (Å²) in [5, 5.41) is 15.9. The highest BCUT2D eigenvalue weighted by molar-refractivity contribution is 5.26. The van der Waals surface area contributed by atoms with E-state index in [9.17, 15) is 13.9 Å². The molecule has 0 saturated heterocycles. The summed E-state index contributed by atoms with van der Waals surface area (Å²) >= 11 is 0. The van der Waals surface area contributed by atoms with Gasteiger partial charge in [0.1, 0.15) is 6.10 Å². The standard InChI is InChI=1S/C10H8F2N2O/c11-7-2-1-6(5-8(7)12)10(15)9-3-4-13-14-9/h1-5,10,15H,(H,13,14). The predicted octanol–water partition coefficient (Wildman–Crippen LogP) is 1.77. The number of aromatic nitrogens is 2.